The van der Waals surface area contributed by atoms with E-state index in [-0.39, 0.29) is 10.6 Å². The van der Waals surface area contributed by atoms with Gasteiger partial charge in [0.15, 0.2) is 0 Å². The number of nitrogens with one attached hydrogen (secondary N) is 1. The van der Waals surface area contributed by atoms with E-state index in [0.29, 0.717) is 22.8 Å². The van der Waals surface area contributed by atoms with Crippen molar-refractivity contribution in [1.82, 2.24) is 4.57 Å². The van der Waals surface area contributed by atoms with Crippen molar-refractivity contribution < 1.29 is 8.42 Å². The summed E-state index contributed by atoms with van der Waals surface area (Å²) >= 11 is 7.12. The molecule has 0 fully saturated rings. The molecule has 8 heteroatoms. The van der Waals surface area contributed by atoms with Crippen molar-refractivity contribution in [2.45, 2.75) is 19.2 Å². The maximum atomic E-state index is 12.4. The molecule has 126 valence electrons. The lowest BCUT2D eigenvalue weighted by Gasteiger charge is -2.09. The molecule has 3 aromatic rings. The van der Waals surface area contributed by atoms with Crippen molar-refractivity contribution >= 4 is 48.9 Å². The SMILES string of the molecule is CCn1c(=O)sc2cc(NS(=O)(=O)Cc3ccccc3Cl)ccc21. The number of rotatable bonds is 5. The van der Waals surface area contributed by atoms with Gasteiger partial charge in [0.25, 0.3) is 0 Å². The van der Waals surface area contributed by atoms with Crippen molar-refractivity contribution in [1.29, 1.82) is 0 Å². The molecular formula is C16H15ClN2O3S2. The second kappa shape index (κ2) is 6.58. The molecule has 5 nitrogen and oxygen atoms in total. The topological polar surface area (TPSA) is 68.2 Å². The zero-order valence-electron chi connectivity index (χ0n) is 12.8. The van der Waals surface area contributed by atoms with Crippen LogP contribution in [0.15, 0.2) is 47.3 Å². The fourth-order valence-electron chi connectivity index (χ4n) is 2.47. The number of sulfonamides is 1. The van der Waals surface area contributed by atoms with Crippen LogP contribution in [0.25, 0.3) is 10.2 Å². The summed E-state index contributed by atoms with van der Waals surface area (Å²) < 4.78 is 29.7. The molecule has 1 N–H and O–H groups in total. The summed E-state index contributed by atoms with van der Waals surface area (Å²) in [5, 5.41) is 0.413. The summed E-state index contributed by atoms with van der Waals surface area (Å²) in [6, 6.07) is 11.9. The van der Waals surface area contributed by atoms with Gasteiger partial charge in [-0.2, -0.15) is 0 Å². The van der Waals surface area contributed by atoms with Crippen LogP contribution in [0.1, 0.15) is 12.5 Å². The highest BCUT2D eigenvalue weighted by atomic mass is 35.5. The maximum Gasteiger partial charge on any atom is 0.308 e. The van der Waals surface area contributed by atoms with Crippen molar-refractivity contribution in [3.8, 4) is 0 Å². The minimum atomic E-state index is -3.60. The molecule has 0 saturated heterocycles. The summed E-state index contributed by atoms with van der Waals surface area (Å²) in [6.07, 6.45) is 0. The molecule has 3 rings (SSSR count). The summed E-state index contributed by atoms with van der Waals surface area (Å²) in [6.45, 7) is 2.48. The van der Waals surface area contributed by atoms with Crippen LogP contribution in [0.3, 0.4) is 0 Å². The van der Waals surface area contributed by atoms with Gasteiger partial charge >= 0.3 is 4.87 Å². The number of nitrogens with zero attached hydrogens (tertiary/aromatic N) is 1. The van der Waals surface area contributed by atoms with Crippen molar-refractivity contribution in [2.24, 2.45) is 0 Å². The van der Waals surface area contributed by atoms with E-state index in [1.165, 1.54) is 0 Å². The number of aromatic nitrogens is 1. The second-order valence-corrected chi connectivity index (χ2v) is 8.37. The minimum absolute atomic E-state index is 0.0522. The summed E-state index contributed by atoms with van der Waals surface area (Å²) in [5.41, 5.74) is 1.77. The number of hydrogen-bond acceptors (Lipinski definition) is 4. The molecule has 0 spiro atoms. The molecule has 1 aromatic heterocycles. The molecule has 0 aliphatic carbocycles. The largest absolute Gasteiger partial charge is 0.308 e. The molecule has 2 aromatic carbocycles. The summed E-state index contributed by atoms with van der Waals surface area (Å²) in [5.74, 6) is -0.211. The number of benzene rings is 2. The molecule has 24 heavy (non-hydrogen) atoms. The van der Waals surface area contributed by atoms with Crippen LogP contribution in [0.2, 0.25) is 5.02 Å². The van der Waals surface area contributed by atoms with E-state index in [1.807, 2.05) is 6.92 Å². The number of fused-ring (bicyclic) bond motifs is 1. The molecule has 0 bridgehead atoms. The van der Waals surface area contributed by atoms with Crippen LogP contribution >= 0.6 is 22.9 Å². The van der Waals surface area contributed by atoms with Gasteiger partial charge in [-0.25, -0.2) is 8.42 Å². The van der Waals surface area contributed by atoms with E-state index in [9.17, 15) is 13.2 Å². The Bertz CT molecular complexity index is 1050. The van der Waals surface area contributed by atoms with Crippen LogP contribution in [-0.2, 0) is 22.3 Å². The number of anilines is 1. The Labute approximate surface area is 148 Å². The molecule has 0 unspecified atom stereocenters. The van der Waals surface area contributed by atoms with Crippen molar-refractivity contribution in [3.05, 3.63) is 62.7 Å². The van der Waals surface area contributed by atoms with Gasteiger partial charge in [0.2, 0.25) is 10.0 Å². The number of halogens is 1. The maximum absolute atomic E-state index is 12.4. The fraction of sp³-hybridized carbons (Fsp3) is 0.188. The van der Waals surface area contributed by atoms with Gasteiger partial charge in [0.1, 0.15) is 0 Å². The van der Waals surface area contributed by atoms with Crippen LogP contribution in [0.5, 0.6) is 0 Å². The molecule has 0 atom stereocenters. The lowest BCUT2D eigenvalue weighted by molar-refractivity contribution is 0.600. The van der Waals surface area contributed by atoms with Crippen LogP contribution in [0, 0.1) is 0 Å². The van der Waals surface area contributed by atoms with E-state index < -0.39 is 10.0 Å². The van der Waals surface area contributed by atoms with E-state index in [2.05, 4.69) is 4.72 Å². The van der Waals surface area contributed by atoms with Crippen LogP contribution in [0.4, 0.5) is 5.69 Å². The molecule has 0 radical (unpaired) electrons. The third-order valence-electron chi connectivity index (χ3n) is 3.56. The molecule has 1 heterocycles. The van der Waals surface area contributed by atoms with Gasteiger partial charge in [0.05, 0.1) is 21.7 Å². The Kier molecular flexibility index (Phi) is 4.67. The normalized spacial score (nSPS) is 11.8. The van der Waals surface area contributed by atoms with Crippen molar-refractivity contribution in [3.63, 3.8) is 0 Å². The average molecular weight is 383 g/mol. The Morgan fingerprint density at radius 1 is 1.21 bits per heavy atom. The molecule has 0 aliphatic rings. The highest BCUT2D eigenvalue weighted by Gasteiger charge is 2.15. The van der Waals surface area contributed by atoms with Crippen molar-refractivity contribution in [2.75, 3.05) is 4.72 Å². The molecule has 0 amide bonds. The number of aryl methyl sites for hydroxylation is 1. The van der Waals surface area contributed by atoms with Crippen LogP contribution in [-0.4, -0.2) is 13.0 Å². The number of hydrogen-bond donors (Lipinski definition) is 1. The predicted octanol–water partition coefficient (Wildman–Crippen LogP) is 3.68. The summed E-state index contributed by atoms with van der Waals surface area (Å²) in [7, 11) is -3.60. The smallest absolute Gasteiger partial charge is 0.299 e. The first-order valence-corrected chi connectivity index (χ1v) is 10.1. The Morgan fingerprint density at radius 2 is 1.96 bits per heavy atom. The standard InChI is InChI=1S/C16H15ClN2O3S2/c1-2-19-14-8-7-12(9-15(14)23-16(19)20)18-24(21,22)10-11-5-3-4-6-13(11)17/h3-9,18H,2,10H2,1H3. The third kappa shape index (κ3) is 3.48. The quantitative estimate of drug-likeness (QED) is 0.731. The molecular weight excluding hydrogens is 368 g/mol. The van der Waals surface area contributed by atoms with Gasteiger partial charge in [-0.3, -0.25) is 14.1 Å². The Balaban J connectivity index is 1.88. The Hall–Kier alpha value is -1.83. The molecule has 0 aliphatic heterocycles. The second-order valence-electron chi connectivity index (χ2n) is 5.25. The third-order valence-corrected chi connectivity index (χ3v) is 6.11. The number of thiazole rings is 1. The average Bonchev–Trinajstić information content (AvgIpc) is 2.83. The first-order valence-electron chi connectivity index (χ1n) is 7.27. The zero-order chi connectivity index (χ0) is 17.3. The predicted molar refractivity (Wildman–Crippen MR) is 99.5 cm³/mol. The van der Waals surface area contributed by atoms with Gasteiger partial charge in [-0.15, -0.1) is 0 Å². The lowest BCUT2D eigenvalue weighted by Crippen LogP contribution is -2.15. The van der Waals surface area contributed by atoms with Crippen LogP contribution < -0.4 is 9.60 Å². The lowest BCUT2D eigenvalue weighted by atomic mass is 10.2. The van der Waals surface area contributed by atoms with Gasteiger partial charge in [0, 0.05) is 11.6 Å². The fourth-order valence-corrected chi connectivity index (χ4v) is 4.96. The minimum Gasteiger partial charge on any atom is -0.299 e. The molecule has 0 saturated carbocycles. The van der Waals surface area contributed by atoms with Gasteiger partial charge < -0.3 is 0 Å². The first-order chi connectivity index (χ1) is 11.4. The summed E-state index contributed by atoms with van der Waals surface area (Å²) in [4.78, 5) is 11.8. The Morgan fingerprint density at radius 3 is 2.67 bits per heavy atom. The monoisotopic (exact) mass is 382 g/mol. The highest BCUT2D eigenvalue weighted by Crippen LogP contribution is 2.24. The van der Waals surface area contributed by atoms with E-state index in [4.69, 9.17) is 11.6 Å². The first kappa shape index (κ1) is 17.0. The highest BCUT2D eigenvalue weighted by molar-refractivity contribution is 7.91. The van der Waals surface area contributed by atoms with E-state index in [1.54, 1.807) is 47.0 Å². The zero-order valence-corrected chi connectivity index (χ0v) is 15.2. The van der Waals surface area contributed by atoms with E-state index in [0.717, 1.165) is 21.6 Å². The van der Waals surface area contributed by atoms with Gasteiger partial charge in [-0.1, -0.05) is 41.1 Å². The van der Waals surface area contributed by atoms with Gasteiger partial charge in [-0.05, 0) is 36.8 Å². The van der Waals surface area contributed by atoms with E-state index >= 15 is 0 Å².